The highest BCUT2D eigenvalue weighted by molar-refractivity contribution is 6.34. The summed E-state index contributed by atoms with van der Waals surface area (Å²) in [5, 5.41) is 16.7. The molecular weight excluding hydrogens is 456 g/mol. The normalized spacial score (nSPS) is 15.7. The Balaban J connectivity index is 1.55. The van der Waals surface area contributed by atoms with Crippen molar-refractivity contribution in [3.8, 4) is 0 Å². The van der Waals surface area contributed by atoms with Crippen molar-refractivity contribution >= 4 is 29.1 Å². The van der Waals surface area contributed by atoms with Crippen LogP contribution >= 0.6 is 11.6 Å². The predicted molar refractivity (Wildman–Crippen MR) is 132 cm³/mol. The highest BCUT2D eigenvalue weighted by Gasteiger charge is 2.29. The molecule has 182 valence electrons. The molecule has 0 radical (unpaired) electrons. The van der Waals surface area contributed by atoms with E-state index in [0.717, 1.165) is 38.5 Å². The molecule has 1 atom stereocenters. The molecule has 8 nitrogen and oxygen atoms in total. The Hall–Kier alpha value is -2.97. The second kappa shape index (κ2) is 11.4. The number of hydrogen-bond donors (Lipinski definition) is 2. The molecule has 2 N–H and O–H groups in total. The van der Waals surface area contributed by atoms with Crippen LogP contribution in [0.2, 0.25) is 5.02 Å². The first-order valence-corrected chi connectivity index (χ1v) is 11.9. The molecule has 0 aromatic heterocycles. The lowest BCUT2D eigenvalue weighted by Crippen LogP contribution is -2.54. The molecule has 0 bridgehead atoms. The van der Waals surface area contributed by atoms with Crippen molar-refractivity contribution in [1.29, 1.82) is 0 Å². The van der Waals surface area contributed by atoms with Crippen molar-refractivity contribution < 1.29 is 14.5 Å². The van der Waals surface area contributed by atoms with Gasteiger partial charge in [-0.15, -0.1) is 0 Å². The van der Waals surface area contributed by atoms with Gasteiger partial charge in [0.15, 0.2) is 0 Å². The van der Waals surface area contributed by atoms with Crippen molar-refractivity contribution in [2.45, 2.75) is 52.2 Å². The number of non-ortho nitro benzene ring substituents is 1. The van der Waals surface area contributed by atoms with E-state index in [-0.39, 0.29) is 34.1 Å². The van der Waals surface area contributed by atoms with Gasteiger partial charge >= 0.3 is 0 Å². The first-order chi connectivity index (χ1) is 16.2. The third-order valence-electron chi connectivity index (χ3n) is 6.23. The standard InChI is InChI=1S/C25H31ClN4O4/c1-16(2)23(28-24(31)21-9-8-20(30(33)34)14-22(21)26)25(32)27-19-10-12-29(13-11-19)15-18-7-5-4-6-17(18)3/h4-9,14,16,19,23H,10-13,15H2,1-3H3,(H,27,32)(H,28,31). The van der Waals surface area contributed by atoms with Gasteiger partial charge in [-0.25, -0.2) is 0 Å². The van der Waals surface area contributed by atoms with Crippen LogP contribution in [0.5, 0.6) is 0 Å². The van der Waals surface area contributed by atoms with Crippen molar-refractivity contribution in [2.24, 2.45) is 5.92 Å². The molecule has 1 unspecified atom stereocenters. The SMILES string of the molecule is Cc1ccccc1CN1CCC(NC(=O)C(NC(=O)c2ccc([N+](=O)[O-])cc2Cl)C(C)C)CC1. The van der Waals surface area contributed by atoms with Gasteiger partial charge in [0, 0.05) is 37.8 Å². The lowest BCUT2D eigenvalue weighted by molar-refractivity contribution is -0.384. The lowest BCUT2D eigenvalue weighted by Gasteiger charge is -2.34. The Kier molecular flexibility index (Phi) is 8.63. The van der Waals surface area contributed by atoms with E-state index in [9.17, 15) is 19.7 Å². The number of carbonyl (C=O) groups is 2. The maximum Gasteiger partial charge on any atom is 0.270 e. The molecule has 34 heavy (non-hydrogen) atoms. The molecule has 1 aliphatic rings. The number of amides is 2. The number of benzene rings is 2. The van der Waals surface area contributed by atoms with Gasteiger partial charge in [-0.3, -0.25) is 24.6 Å². The summed E-state index contributed by atoms with van der Waals surface area (Å²) in [6.07, 6.45) is 1.68. The summed E-state index contributed by atoms with van der Waals surface area (Å²) in [6.45, 7) is 8.49. The molecule has 1 saturated heterocycles. The minimum atomic E-state index is -0.747. The van der Waals surface area contributed by atoms with Crippen LogP contribution in [0.4, 0.5) is 5.69 Å². The quantitative estimate of drug-likeness (QED) is 0.432. The predicted octanol–water partition coefficient (Wildman–Crippen LogP) is 4.09. The molecule has 0 aliphatic carbocycles. The summed E-state index contributed by atoms with van der Waals surface area (Å²) in [5.74, 6) is -0.928. The zero-order chi connectivity index (χ0) is 24.8. The Morgan fingerprint density at radius 2 is 1.85 bits per heavy atom. The molecular formula is C25H31ClN4O4. The van der Waals surface area contributed by atoms with Crippen LogP contribution in [0.15, 0.2) is 42.5 Å². The second-order valence-electron chi connectivity index (χ2n) is 9.10. The van der Waals surface area contributed by atoms with E-state index in [4.69, 9.17) is 11.6 Å². The number of nitrogens with zero attached hydrogens (tertiary/aromatic N) is 2. The summed E-state index contributed by atoms with van der Waals surface area (Å²) in [5.41, 5.74) is 2.49. The zero-order valence-electron chi connectivity index (χ0n) is 19.7. The zero-order valence-corrected chi connectivity index (χ0v) is 20.5. The smallest absolute Gasteiger partial charge is 0.270 e. The Morgan fingerprint density at radius 3 is 2.44 bits per heavy atom. The van der Waals surface area contributed by atoms with Gasteiger partial charge in [0.2, 0.25) is 5.91 Å². The fraction of sp³-hybridized carbons (Fsp3) is 0.440. The molecule has 1 fully saturated rings. The summed E-state index contributed by atoms with van der Waals surface area (Å²) < 4.78 is 0. The summed E-state index contributed by atoms with van der Waals surface area (Å²) >= 11 is 6.08. The van der Waals surface area contributed by atoms with Crippen molar-refractivity contribution in [1.82, 2.24) is 15.5 Å². The van der Waals surface area contributed by atoms with Crippen LogP contribution in [0.1, 0.15) is 48.2 Å². The van der Waals surface area contributed by atoms with E-state index in [1.807, 2.05) is 19.9 Å². The molecule has 2 aromatic carbocycles. The van der Waals surface area contributed by atoms with Gasteiger partial charge in [-0.2, -0.15) is 0 Å². The second-order valence-corrected chi connectivity index (χ2v) is 9.51. The van der Waals surface area contributed by atoms with E-state index in [2.05, 4.69) is 40.7 Å². The number of halogens is 1. The maximum atomic E-state index is 13.0. The van der Waals surface area contributed by atoms with Gasteiger partial charge < -0.3 is 10.6 Å². The number of piperidine rings is 1. The molecule has 2 aromatic rings. The van der Waals surface area contributed by atoms with Crippen LogP contribution < -0.4 is 10.6 Å². The number of aryl methyl sites for hydroxylation is 1. The van der Waals surface area contributed by atoms with E-state index < -0.39 is 16.9 Å². The summed E-state index contributed by atoms with van der Waals surface area (Å²) in [6, 6.07) is 11.3. The molecule has 0 spiro atoms. The lowest BCUT2D eigenvalue weighted by atomic mass is 9.99. The minimum Gasteiger partial charge on any atom is -0.351 e. The van der Waals surface area contributed by atoms with E-state index in [1.165, 1.54) is 23.3 Å². The number of likely N-dealkylation sites (tertiary alicyclic amines) is 1. The number of nitro groups is 1. The number of nitro benzene ring substituents is 1. The monoisotopic (exact) mass is 486 g/mol. The Morgan fingerprint density at radius 1 is 1.18 bits per heavy atom. The summed E-state index contributed by atoms with van der Waals surface area (Å²) in [7, 11) is 0. The first kappa shape index (κ1) is 25.6. The molecule has 1 heterocycles. The molecule has 9 heteroatoms. The number of rotatable bonds is 8. The van der Waals surface area contributed by atoms with Gasteiger partial charge in [-0.05, 0) is 42.9 Å². The Bertz CT molecular complexity index is 1050. The molecule has 2 amide bonds. The van der Waals surface area contributed by atoms with Crippen molar-refractivity contribution in [3.05, 3.63) is 74.3 Å². The van der Waals surface area contributed by atoms with Crippen LogP contribution in [0, 0.1) is 23.0 Å². The molecule has 3 rings (SSSR count). The fourth-order valence-corrected chi connectivity index (χ4v) is 4.37. The molecule has 1 aliphatic heterocycles. The van der Waals surface area contributed by atoms with Gasteiger partial charge in [0.1, 0.15) is 6.04 Å². The fourth-order valence-electron chi connectivity index (χ4n) is 4.11. The number of hydrogen-bond acceptors (Lipinski definition) is 5. The van der Waals surface area contributed by atoms with E-state index in [1.54, 1.807) is 0 Å². The van der Waals surface area contributed by atoms with Crippen LogP contribution in [-0.2, 0) is 11.3 Å². The van der Waals surface area contributed by atoms with Gasteiger partial charge in [0.05, 0.1) is 15.5 Å². The van der Waals surface area contributed by atoms with Gasteiger partial charge in [0.25, 0.3) is 11.6 Å². The Labute approximate surface area is 204 Å². The average Bonchev–Trinajstić information content (AvgIpc) is 2.79. The van der Waals surface area contributed by atoms with E-state index >= 15 is 0 Å². The third kappa shape index (κ3) is 6.55. The largest absolute Gasteiger partial charge is 0.351 e. The topological polar surface area (TPSA) is 105 Å². The van der Waals surface area contributed by atoms with Crippen LogP contribution in [0.25, 0.3) is 0 Å². The summed E-state index contributed by atoms with van der Waals surface area (Å²) in [4.78, 5) is 38.5. The van der Waals surface area contributed by atoms with Crippen LogP contribution in [-0.4, -0.2) is 46.8 Å². The maximum absolute atomic E-state index is 13.0. The molecule has 0 saturated carbocycles. The number of carbonyl (C=O) groups excluding carboxylic acids is 2. The van der Waals surface area contributed by atoms with Gasteiger partial charge in [-0.1, -0.05) is 49.7 Å². The van der Waals surface area contributed by atoms with Crippen molar-refractivity contribution in [3.63, 3.8) is 0 Å². The highest BCUT2D eigenvalue weighted by atomic mass is 35.5. The minimum absolute atomic E-state index is 0.0318. The highest BCUT2D eigenvalue weighted by Crippen LogP contribution is 2.23. The van der Waals surface area contributed by atoms with Crippen LogP contribution in [0.3, 0.4) is 0 Å². The first-order valence-electron chi connectivity index (χ1n) is 11.5. The van der Waals surface area contributed by atoms with E-state index in [0.29, 0.717) is 0 Å². The number of nitrogens with one attached hydrogen (secondary N) is 2. The third-order valence-corrected chi connectivity index (χ3v) is 6.55. The van der Waals surface area contributed by atoms with Crippen molar-refractivity contribution in [2.75, 3.05) is 13.1 Å². The average molecular weight is 487 g/mol.